The second kappa shape index (κ2) is 9.42. The third-order valence-corrected chi connectivity index (χ3v) is 2.58. The first-order valence-electron chi connectivity index (χ1n) is 5.75. The number of hydrogen-bond donors (Lipinski definition) is 0. The van der Waals surface area contributed by atoms with Crippen molar-refractivity contribution in [3.05, 3.63) is 12.2 Å². The van der Waals surface area contributed by atoms with Crippen molar-refractivity contribution in [2.75, 3.05) is 7.11 Å². The number of esters is 1. The van der Waals surface area contributed by atoms with E-state index in [1.165, 1.54) is 13.2 Å². The van der Waals surface area contributed by atoms with Crippen LogP contribution in [0.5, 0.6) is 0 Å². The zero-order valence-corrected chi connectivity index (χ0v) is 10.3. The maximum atomic E-state index is 11.4. The van der Waals surface area contributed by atoms with Gasteiger partial charge in [-0.25, -0.2) is 0 Å². The molecule has 4 heteroatoms. The predicted molar refractivity (Wildman–Crippen MR) is 63.5 cm³/mol. The number of methoxy groups -OCH3 is 1. The number of rotatable bonds is 7. The Balaban J connectivity index is 4.65. The molecular formula is C13H18N2O2. The summed E-state index contributed by atoms with van der Waals surface area (Å²) in [5, 5.41) is 17.5. The number of ether oxygens (including phenoxy) is 1. The Kier molecular flexibility index (Phi) is 8.42. The molecule has 0 aromatic rings. The SMILES string of the molecule is CCCCCC(/C=C/C#N)C(C#N)C(=O)OC. The van der Waals surface area contributed by atoms with Crippen molar-refractivity contribution in [1.82, 2.24) is 0 Å². The summed E-state index contributed by atoms with van der Waals surface area (Å²) in [5.74, 6) is -1.59. The van der Waals surface area contributed by atoms with E-state index >= 15 is 0 Å². The Labute approximate surface area is 102 Å². The average Bonchev–Trinajstić information content (AvgIpc) is 2.35. The number of allylic oxidation sites excluding steroid dienone is 2. The molecule has 17 heavy (non-hydrogen) atoms. The molecule has 0 fully saturated rings. The van der Waals surface area contributed by atoms with Crippen LogP contribution < -0.4 is 0 Å². The summed E-state index contributed by atoms with van der Waals surface area (Å²) in [4.78, 5) is 11.4. The zero-order valence-electron chi connectivity index (χ0n) is 10.3. The molecule has 0 saturated heterocycles. The molecule has 0 aromatic carbocycles. The van der Waals surface area contributed by atoms with Crippen LogP contribution >= 0.6 is 0 Å². The van der Waals surface area contributed by atoms with Gasteiger partial charge in [0, 0.05) is 12.0 Å². The number of unbranched alkanes of at least 4 members (excludes halogenated alkanes) is 2. The van der Waals surface area contributed by atoms with Crippen LogP contribution in [0.3, 0.4) is 0 Å². The molecule has 0 saturated carbocycles. The smallest absolute Gasteiger partial charge is 0.323 e. The Morgan fingerprint density at radius 2 is 2.12 bits per heavy atom. The lowest BCUT2D eigenvalue weighted by molar-refractivity contribution is -0.144. The minimum Gasteiger partial charge on any atom is -0.468 e. The number of nitriles is 2. The molecule has 0 aliphatic carbocycles. The standard InChI is InChI=1S/C13H18N2O2/c1-3-4-5-7-11(8-6-9-14)12(10-15)13(16)17-2/h6,8,11-12H,3-5,7H2,1-2H3/b8-6+. The molecule has 2 unspecified atom stereocenters. The van der Waals surface area contributed by atoms with Gasteiger partial charge < -0.3 is 4.74 Å². The van der Waals surface area contributed by atoms with E-state index in [9.17, 15) is 4.79 Å². The van der Waals surface area contributed by atoms with E-state index < -0.39 is 11.9 Å². The van der Waals surface area contributed by atoms with Gasteiger partial charge in [0.25, 0.3) is 0 Å². The van der Waals surface area contributed by atoms with Gasteiger partial charge in [0.1, 0.15) is 5.92 Å². The van der Waals surface area contributed by atoms with Crippen LogP contribution in [0.4, 0.5) is 0 Å². The maximum Gasteiger partial charge on any atom is 0.323 e. The number of hydrogen-bond acceptors (Lipinski definition) is 4. The second-order valence-corrected chi connectivity index (χ2v) is 3.78. The Bertz CT molecular complexity index is 336. The van der Waals surface area contributed by atoms with Gasteiger partial charge in [-0.1, -0.05) is 32.3 Å². The lowest BCUT2D eigenvalue weighted by Gasteiger charge is -2.16. The summed E-state index contributed by atoms with van der Waals surface area (Å²) in [6.07, 6.45) is 6.73. The van der Waals surface area contributed by atoms with Crippen molar-refractivity contribution < 1.29 is 9.53 Å². The second-order valence-electron chi connectivity index (χ2n) is 3.78. The fourth-order valence-corrected chi connectivity index (χ4v) is 1.62. The Hall–Kier alpha value is -1.81. The number of carbonyl (C=O) groups excluding carboxylic acids is 1. The molecule has 0 spiro atoms. The third kappa shape index (κ3) is 5.73. The summed E-state index contributed by atoms with van der Waals surface area (Å²) in [7, 11) is 1.27. The lowest BCUT2D eigenvalue weighted by atomic mass is 9.88. The van der Waals surface area contributed by atoms with Crippen molar-refractivity contribution >= 4 is 5.97 Å². The minimum atomic E-state index is -0.818. The van der Waals surface area contributed by atoms with Crippen LogP contribution in [0, 0.1) is 34.5 Å². The van der Waals surface area contributed by atoms with Crippen molar-refractivity contribution in [3.63, 3.8) is 0 Å². The first kappa shape index (κ1) is 15.2. The average molecular weight is 234 g/mol. The highest BCUT2D eigenvalue weighted by Gasteiger charge is 2.26. The molecular weight excluding hydrogens is 216 g/mol. The minimum absolute atomic E-state index is 0.237. The third-order valence-electron chi connectivity index (χ3n) is 2.58. The number of carbonyl (C=O) groups is 1. The first-order chi connectivity index (χ1) is 8.21. The van der Waals surface area contributed by atoms with Crippen molar-refractivity contribution in [3.8, 4) is 12.1 Å². The quantitative estimate of drug-likeness (QED) is 0.385. The van der Waals surface area contributed by atoms with Crippen LogP contribution in [0.1, 0.15) is 32.6 Å². The first-order valence-corrected chi connectivity index (χ1v) is 5.75. The van der Waals surface area contributed by atoms with Gasteiger partial charge in [-0.15, -0.1) is 0 Å². The number of nitrogens with zero attached hydrogens (tertiary/aromatic N) is 2. The lowest BCUT2D eigenvalue weighted by Crippen LogP contribution is -2.22. The van der Waals surface area contributed by atoms with E-state index in [2.05, 4.69) is 11.7 Å². The van der Waals surface area contributed by atoms with Gasteiger partial charge in [0.15, 0.2) is 0 Å². The zero-order chi connectivity index (χ0) is 13.1. The van der Waals surface area contributed by atoms with Crippen molar-refractivity contribution in [1.29, 1.82) is 10.5 Å². The molecule has 2 atom stereocenters. The summed E-state index contributed by atoms with van der Waals surface area (Å²) in [6.45, 7) is 2.09. The fraction of sp³-hybridized carbons (Fsp3) is 0.615. The molecule has 92 valence electrons. The van der Waals surface area contributed by atoms with E-state index in [0.29, 0.717) is 0 Å². The topological polar surface area (TPSA) is 73.9 Å². The van der Waals surface area contributed by atoms with Gasteiger partial charge in [-0.2, -0.15) is 10.5 Å². The van der Waals surface area contributed by atoms with Gasteiger partial charge in [0.05, 0.1) is 19.2 Å². The van der Waals surface area contributed by atoms with Gasteiger partial charge >= 0.3 is 5.97 Å². The monoisotopic (exact) mass is 234 g/mol. The fourth-order valence-electron chi connectivity index (χ4n) is 1.62. The normalized spacial score (nSPS) is 13.6. The van der Waals surface area contributed by atoms with E-state index in [4.69, 9.17) is 10.5 Å². The highest BCUT2D eigenvalue weighted by atomic mass is 16.5. The molecule has 0 amide bonds. The molecule has 0 aromatic heterocycles. The Morgan fingerprint density at radius 1 is 1.41 bits per heavy atom. The van der Waals surface area contributed by atoms with Gasteiger partial charge in [-0.3, -0.25) is 4.79 Å². The molecule has 0 radical (unpaired) electrons. The van der Waals surface area contributed by atoms with E-state index in [1.54, 1.807) is 6.08 Å². The predicted octanol–water partition coefficient (Wildman–Crippen LogP) is 2.58. The highest BCUT2D eigenvalue weighted by molar-refractivity contribution is 5.75. The van der Waals surface area contributed by atoms with E-state index in [1.807, 2.05) is 12.1 Å². The largest absolute Gasteiger partial charge is 0.468 e. The van der Waals surface area contributed by atoms with Gasteiger partial charge in [0.2, 0.25) is 0 Å². The summed E-state index contributed by atoms with van der Waals surface area (Å²) in [6, 6.07) is 3.84. The maximum absolute atomic E-state index is 11.4. The summed E-state index contributed by atoms with van der Waals surface area (Å²) >= 11 is 0. The molecule has 0 heterocycles. The van der Waals surface area contributed by atoms with Crippen LogP contribution in [-0.4, -0.2) is 13.1 Å². The Morgan fingerprint density at radius 3 is 2.59 bits per heavy atom. The molecule has 0 N–H and O–H groups in total. The van der Waals surface area contributed by atoms with E-state index in [-0.39, 0.29) is 5.92 Å². The van der Waals surface area contributed by atoms with Crippen molar-refractivity contribution in [2.24, 2.45) is 11.8 Å². The highest BCUT2D eigenvalue weighted by Crippen LogP contribution is 2.21. The molecule has 4 nitrogen and oxygen atoms in total. The molecule has 0 aliphatic heterocycles. The van der Waals surface area contributed by atoms with Crippen LogP contribution in [0.2, 0.25) is 0 Å². The van der Waals surface area contributed by atoms with Crippen molar-refractivity contribution in [2.45, 2.75) is 32.6 Å². The molecule has 0 aliphatic rings. The van der Waals surface area contributed by atoms with Crippen LogP contribution in [0.15, 0.2) is 12.2 Å². The van der Waals surface area contributed by atoms with Gasteiger partial charge in [-0.05, 0) is 6.42 Å². The summed E-state index contributed by atoms with van der Waals surface area (Å²) < 4.78 is 4.59. The molecule has 0 rings (SSSR count). The summed E-state index contributed by atoms with van der Waals surface area (Å²) in [5.41, 5.74) is 0. The van der Waals surface area contributed by atoms with Crippen LogP contribution in [0.25, 0.3) is 0 Å². The van der Waals surface area contributed by atoms with E-state index in [0.717, 1.165) is 25.7 Å². The van der Waals surface area contributed by atoms with Crippen LogP contribution in [-0.2, 0) is 9.53 Å². The molecule has 0 bridgehead atoms.